The fraction of sp³-hybridized carbons (Fsp3) is 0.417. The number of esters is 1. The van der Waals surface area contributed by atoms with Crippen molar-refractivity contribution >= 4 is 23.6 Å². The fourth-order valence-electron chi connectivity index (χ4n) is 1.77. The summed E-state index contributed by atoms with van der Waals surface area (Å²) in [4.78, 5) is 28.8. The molecule has 2 rings (SSSR count). The maximum absolute atomic E-state index is 11.8. The highest BCUT2D eigenvalue weighted by Crippen LogP contribution is 2.37. The molecule has 0 aliphatic carbocycles. The molecule has 1 unspecified atom stereocenters. The Balaban J connectivity index is 2.11. The van der Waals surface area contributed by atoms with Crippen molar-refractivity contribution in [3.63, 3.8) is 0 Å². The first kappa shape index (κ1) is 12.9. The average molecular weight is 266 g/mol. The van der Waals surface area contributed by atoms with E-state index in [9.17, 15) is 9.59 Å². The van der Waals surface area contributed by atoms with Crippen LogP contribution in [0.3, 0.4) is 0 Å². The number of pyridine rings is 1. The van der Waals surface area contributed by atoms with Crippen molar-refractivity contribution in [3.05, 3.63) is 30.1 Å². The van der Waals surface area contributed by atoms with E-state index >= 15 is 0 Å². The summed E-state index contributed by atoms with van der Waals surface area (Å²) in [7, 11) is 0. The summed E-state index contributed by atoms with van der Waals surface area (Å²) in [5.41, 5.74) is 0.977. The summed E-state index contributed by atoms with van der Waals surface area (Å²) in [5.74, 6) is -0.00544. The van der Waals surface area contributed by atoms with Crippen LogP contribution in [0.4, 0.5) is 0 Å². The highest BCUT2D eigenvalue weighted by Gasteiger charge is 2.34. The van der Waals surface area contributed by atoms with Crippen molar-refractivity contribution in [2.75, 3.05) is 18.9 Å². The van der Waals surface area contributed by atoms with Gasteiger partial charge in [-0.1, -0.05) is 0 Å². The summed E-state index contributed by atoms with van der Waals surface area (Å²) < 4.78 is 4.88. The van der Waals surface area contributed by atoms with Crippen LogP contribution in [-0.2, 0) is 14.3 Å². The molecule has 2 heterocycles. The van der Waals surface area contributed by atoms with Gasteiger partial charge in [0.05, 0.1) is 12.4 Å². The number of carbonyl (C=O) groups excluding carboxylic acids is 2. The topological polar surface area (TPSA) is 59.5 Å². The molecular weight excluding hydrogens is 252 g/mol. The van der Waals surface area contributed by atoms with Gasteiger partial charge in [-0.3, -0.25) is 14.6 Å². The normalized spacial score (nSPS) is 19.1. The maximum atomic E-state index is 11.8. The van der Waals surface area contributed by atoms with Gasteiger partial charge in [-0.05, 0) is 24.6 Å². The molecule has 0 N–H and O–H groups in total. The molecule has 1 fully saturated rings. The molecule has 0 spiro atoms. The van der Waals surface area contributed by atoms with Crippen molar-refractivity contribution in [3.8, 4) is 0 Å². The number of hydrogen-bond donors (Lipinski definition) is 0. The minimum absolute atomic E-state index is 0.00661. The smallest absolute Gasteiger partial charge is 0.325 e. The zero-order valence-electron chi connectivity index (χ0n) is 10.0. The number of ether oxygens (including phenoxy) is 1. The van der Waals surface area contributed by atoms with Crippen molar-refractivity contribution in [1.82, 2.24) is 9.88 Å². The Morgan fingerprint density at radius 3 is 2.94 bits per heavy atom. The summed E-state index contributed by atoms with van der Waals surface area (Å²) in [6.45, 7) is 2.08. The summed E-state index contributed by atoms with van der Waals surface area (Å²) in [6, 6.07) is 3.71. The number of thioether (sulfide) groups is 1. The van der Waals surface area contributed by atoms with E-state index in [0.29, 0.717) is 12.4 Å². The molecule has 1 aliphatic rings. The van der Waals surface area contributed by atoms with Crippen LogP contribution in [-0.4, -0.2) is 40.7 Å². The number of aromatic nitrogens is 1. The van der Waals surface area contributed by atoms with Gasteiger partial charge in [0.15, 0.2) is 0 Å². The molecule has 1 aromatic rings. The molecule has 5 nitrogen and oxygen atoms in total. The third kappa shape index (κ3) is 2.81. The number of amides is 1. The molecule has 0 radical (unpaired) electrons. The third-order valence-corrected chi connectivity index (χ3v) is 3.82. The zero-order valence-corrected chi connectivity index (χ0v) is 10.9. The highest BCUT2D eigenvalue weighted by atomic mass is 32.2. The molecule has 1 aliphatic heterocycles. The molecule has 1 aromatic heterocycles. The van der Waals surface area contributed by atoms with Crippen LogP contribution in [0.5, 0.6) is 0 Å². The molecule has 1 amide bonds. The molecule has 1 atom stereocenters. The Labute approximate surface area is 110 Å². The van der Waals surface area contributed by atoms with E-state index in [1.165, 1.54) is 11.8 Å². The Morgan fingerprint density at radius 2 is 2.28 bits per heavy atom. The Bertz CT molecular complexity index is 438. The summed E-state index contributed by atoms with van der Waals surface area (Å²) in [6.07, 6.45) is 3.36. The lowest BCUT2D eigenvalue weighted by Crippen LogP contribution is -2.34. The van der Waals surface area contributed by atoms with Crippen LogP contribution >= 0.6 is 11.8 Å². The van der Waals surface area contributed by atoms with Crippen LogP contribution in [0.1, 0.15) is 17.9 Å². The number of carbonyl (C=O) groups is 2. The van der Waals surface area contributed by atoms with Crippen LogP contribution < -0.4 is 0 Å². The minimum Gasteiger partial charge on any atom is -0.465 e. The van der Waals surface area contributed by atoms with E-state index in [1.807, 2.05) is 12.1 Å². The number of rotatable bonds is 4. The van der Waals surface area contributed by atoms with Gasteiger partial charge < -0.3 is 9.64 Å². The molecular formula is C12H14N2O3S. The monoisotopic (exact) mass is 266 g/mol. The van der Waals surface area contributed by atoms with Gasteiger partial charge in [0.2, 0.25) is 5.91 Å². The van der Waals surface area contributed by atoms with E-state index < -0.39 is 0 Å². The first-order valence-corrected chi connectivity index (χ1v) is 6.74. The van der Waals surface area contributed by atoms with Crippen LogP contribution in [0.2, 0.25) is 0 Å². The molecule has 0 bridgehead atoms. The van der Waals surface area contributed by atoms with E-state index in [1.54, 1.807) is 24.2 Å². The minimum atomic E-state index is -0.368. The lowest BCUT2D eigenvalue weighted by Gasteiger charge is -2.22. The number of nitrogens with zero attached hydrogens (tertiary/aromatic N) is 2. The van der Waals surface area contributed by atoms with Gasteiger partial charge in [0.1, 0.15) is 11.9 Å². The molecule has 0 aromatic carbocycles. The lowest BCUT2D eigenvalue weighted by molar-refractivity contribution is -0.148. The van der Waals surface area contributed by atoms with Gasteiger partial charge in [-0.15, -0.1) is 11.8 Å². The molecule has 18 heavy (non-hydrogen) atoms. The Hall–Kier alpha value is -1.56. The maximum Gasteiger partial charge on any atom is 0.325 e. The van der Waals surface area contributed by atoms with Crippen LogP contribution in [0.15, 0.2) is 24.5 Å². The van der Waals surface area contributed by atoms with Crippen molar-refractivity contribution in [1.29, 1.82) is 0 Å². The Morgan fingerprint density at radius 1 is 1.56 bits per heavy atom. The van der Waals surface area contributed by atoms with Crippen molar-refractivity contribution < 1.29 is 14.3 Å². The first-order valence-electron chi connectivity index (χ1n) is 5.69. The quantitative estimate of drug-likeness (QED) is 0.767. The standard InChI is InChI=1S/C12H14N2O3S/c1-2-17-11(16)7-14-10(15)8-18-12(14)9-3-5-13-6-4-9/h3-6,12H,2,7-8H2,1H3. The van der Waals surface area contributed by atoms with Crippen LogP contribution in [0, 0.1) is 0 Å². The van der Waals surface area contributed by atoms with Crippen molar-refractivity contribution in [2.45, 2.75) is 12.3 Å². The van der Waals surface area contributed by atoms with Gasteiger partial charge in [0.25, 0.3) is 0 Å². The van der Waals surface area contributed by atoms with E-state index in [2.05, 4.69) is 4.98 Å². The second-order valence-electron chi connectivity index (χ2n) is 3.77. The highest BCUT2D eigenvalue weighted by molar-refractivity contribution is 8.00. The summed E-state index contributed by atoms with van der Waals surface area (Å²) >= 11 is 1.51. The molecule has 0 saturated carbocycles. The molecule has 96 valence electrons. The van der Waals surface area contributed by atoms with E-state index in [0.717, 1.165) is 5.56 Å². The lowest BCUT2D eigenvalue weighted by atomic mass is 10.2. The van der Waals surface area contributed by atoms with Gasteiger partial charge in [-0.25, -0.2) is 0 Å². The predicted octanol–water partition coefficient (Wildman–Crippen LogP) is 1.22. The van der Waals surface area contributed by atoms with E-state index in [-0.39, 0.29) is 23.8 Å². The predicted molar refractivity (Wildman–Crippen MR) is 67.8 cm³/mol. The fourth-order valence-corrected chi connectivity index (χ4v) is 2.96. The summed E-state index contributed by atoms with van der Waals surface area (Å²) in [5, 5.41) is -0.120. The van der Waals surface area contributed by atoms with Crippen LogP contribution in [0.25, 0.3) is 0 Å². The second-order valence-corrected chi connectivity index (χ2v) is 4.84. The zero-order chi connectivity index (χ0) is 13.0. The van der Waals surface area contributed by atoms with E-state index in [4.69, 9.17) is 4.74 Å². The van der Waals surface area contributed by atoms with Crippen molar-refractivity contribution in [2.24, 2.45) is 0 Å². The van der Waals surface area contributed by atoms with Gasteiger partial charge >= 0.3 is 5.97 Å². The number of hydrogen-bond acceptors (Lipinski definition) is 5. The largest absolute Gasteiger partial charge is 0.465 e. The van der Waals surface area contributed by atoms with Gasteiger partial charge in [0, 0.05) is 12.4 Å². The molecule has 6 heteroatoms. The first-order chi connectivity index (χ1) is 8.72. The average Bonchev–Trinajstić information content (AvgIpc) is 2.73. The Kier molecular flexibility index (Phi) is 4.19. The van der Waals surface area contributed by atoms with Gasteiger partial charge in [-0.2, -0.15) is 0 Å². The molecule has 1 saturated heterocycles. The SMILES string of the molecule is CCOC(=O)CN1C(=O)CSC1c1ccncc1. The second kappa shape index (κ2) is 5.86. The third-order valence-electron chi connectivity index (χ3n) is 2.56.